The fraction of sp³-hybridized carbons (Fsp3) is 0.0435. The molecule has 4 rings (SSSR count). The lowest BCUT2D eigenvalue weighted by atomic mass is 9.83. The smallest absolute Gasteiger partial charge is 0.343 e. The van der Waals surface area contributed by atoms with Crippen LogP contribution in [0.5, 0.6) is 11.5 Å². The highest BCUT2D eigenvalue weighted by Gasteiger charge is 2.31. The van der Waals surface area contributed by atoms with Gasteiger partial charge in [0.15, 0.2) is 0 Å². The average molecular weight is 437 g/mol. The van der Waals surface area contributed by atoms with Crippen LogP contribution in [-0.4, -0.2) is 5.97 Å². The van der Waals surface area contributed by atoms with Crippen molar-refractivity contribution in [1.82, 2.24) is 0 Å². The van der Waals surface area contributed by atoms with Crippen LogP contribution in [0.1, 0.15) is 27.4 Å². The molecule has 1 aliphatic rings. The molecule has 2 N–H and O–H groups in total. The minimum atomic E-state index is -0.532. The molecule has 1 atom stereocenters. The van der Waals surface area contributed by atoms with Gasteiger partial charge < -0.3 is 15.2 Å². The molecule has 0 saturated carbocycles. The highest BCUT2D eigenvalue weighted by atomic mass is 35.5. The summed E-state index contributed by atoms with van der Waals surface area (Å²) in [5.74, 6) is -0.297. The largest absolute Gasteiger partial charge is 0.440 e. The van der Waals surface area contributed by atoms with E-state index in [1.54, 1.807) is 60.7 Å². The highest BCUT2D eigenvalue weighted by molar-refractivity contribution is 6.30. The molecule has 30 heavy (non-hydrogen) atoms. The van der Waals surface area contributed by atoms with Crippen molar-refractivity contribution in [3.8, 4) is 17.6 Å². The molecule has 1 unspecified atom stereocenters. The van der Waals surface area contributed by atoms with Crippen molar-refractivity contribution in [3.63, 3.8) is 0 Å². The van der Waals surface area contributed by atoms with Crippen molar-refractivity contribution in [3.05, 3.63) is 105 Å². The predicted molar refractivity (Wildman–Crippen MR) is 114 cm³/mol. The number of benzene rings is 3. The van der Waals surface area contributed by atoms with Gasteiger partial charge in [-0.25, -0.2) is 4.79 Å². The van der Waals surface area contributed by atoms with Crippen molar-refractivity contribution in [2.75, 3.05) is 0 Å². The number of nitrogens with zero attached hydrogens (tertiary/aromatic N) is 1. The van der Waals surface area contributed by atoms with Gasteiger partial charge in [0, 0.05) is 21.7 Å². The van der Waals surface area contributed by atoms with E-state index in [0.29, 0.717) is 26.9 Å². The standard InChI is InChI=1S/C23H14Cl2N2O3/c24-15-6-4-13(5-7-15)23(28)29-17-8-9-18-20(11-17)30-22(27)19(12-26)21(18)14-2-1-3-16(25)10-14/h1-11,21H,27H2. The summed E-state index contributed by atoms with van der Waals surface area (Å²) in [7, 11) is 0. The van der Waals surface area contributed by atoms with Gasteiger partial charge in [-0.15, -0.1) is 0 Å². The maximum absolute atomic E-state index is 12.4. The van der Waals surface area contributed by atoms with Crippen molar-refractivity contribution >= 4 is 29.2 Å². The van der Waals surface area contributed by atoms with Crippen molar-refractivity contribution in [2.24, 2.45) is 5.73 Å². The topological polar surface area (TPSA) is 85.3 Å². The zero-order valence-electron chi connectivity index (χ0n) is 15.4. The number of esters is 1. The lowest BCUT2D eigenvalue weighted by molar-refractivity contribution is 0.0734. The highest BCUT2D eigenvalue weighted by Crippen LogP contribution is 2.43. The van der Waals surface area contributed by atoms with Gasteiger partial charge in [-0.1, -0.05) is 41.4 Å². The number of rotatable bonds is 3. The summed E-state index contributed by atoms with van der Waals surface area (Å²) >= 11 is 12.0. The van der Waals surface area contributed by atoms with Crippen LogP contribution in [-0.2, 0) is 0 Å². The molecule has 3 aromatic carbocycles. The van der Waals surface area contributed by atoms with Gasteiger partial charge >= 0.3 is 5.97 Å². The van der Waals surface area contributed by atoms with Crippen LogP contribution in [0.15, 0.2) is 78.2 Å². The zero-order chi connectivity index (χ0) is 21.3. The van der Waals surface area contributed by atoms with E-state index < -0.39 is 11.9 Å². The van der Waals surface area contributed by atoms with Crippen LogP contribution in [0.4, 0.5) is 0 Å². The lowest BCUT2D eigenvalue weighted by Gasteiger charge is -2.26. The minimum Gasteiger partial charge on any atom is -0.440 e. The van der Waals surface area contributed by atoms with E-state index in [1.165, 1.54) is 0 Å². The average Bonchev–Trinajstić information content (AvgIpc) is 2.73. The Hall–Kier alpha value is -3.46. The Kier molecular flexibility index (Phi) is 5.37. The zero-order valence-corrected chi connectivity index (χ0v) is 16.9. The van der Waals surface area contributed by atoms with Crippen LogP contribution in [0.2, 0.25) is 10.0 Å². The van der Waals surface area contributed by atoms with Gasteiger partial charge in [0.05, 0.1) is 11.5 Å². The van der Waals surface area contributed by atoms with Crippen LogP contribution in [0.25, 0.3) is 0 Å². The van der Waals surface area contributed by atoms with Gasteiger partial charge in [0.25, 0.3) is 0 Å². The molecule has 1 aliphatic heterocycles. The second kappa shape index (κ2) is 8.11. The molecular formula is C23H14Cl2N2O3. The summed E-state index contributed by atoms with van der Waals surface area (Å²) < 4.78 is 11.1. The number of nitrogens with two attached hydrogens (primary N) is 1. The van der Waals surface area contributed by atoms with Crippen LogP contribution in [0.3, 0.4) is 0 Å². The molecule has 0 aliphatic carbocycles. The fourth-order valence-electron chi connectivity index (χ4n) is 3.28. The third kappa shape index (κ3) is 3.84. The Morgan fingerprint density at radius 3 is 2.50 bits per heavy atom. The van der Waals surface area contributed by atoms with E-state index in [9.17, 15) is 10.1 Å². The summed E-state index contributed by atoms with van der Waals surface area (Å²) in [5.41, 5.74) is 8.18. The van der Waals surface area contributed by atoms with Crippen LogP contribution >= 0.6 is 23.2 Å². The van der Waals surface area contributed by atoms with Crippen molar-refractivity contribution < 1.29 is 14.3 Å². The summed E-state index contributed by atoms with van der Waals surface area (Å²) in [6.45, 7) is 0. The maximum atomic E-state index is 12.4. The number of carbonyl (C=O) groups excluding carboxylic acids is 1. The second-order valence-corrected chi connectivity index (χ2v) is 7.45. The number of allylic oxidation sites excluding steroid dienone is 1. The molecule has 148 valence electrons. The van der Waals surface area contributed by atoms with Gasteiger partial charge in [-0.3, -0.25) is 0 Å². The molecule has 0 aromatic heterocycles. The van der Waals surface area contributed by atoms with E-state index in [0.717, 1.165) is 5.56 Å². The van der Waals surface area contributed by atoms with Gasteiger partial charge in [-0.2, -0.15) is 5.26 Å². The summed E-state index contributed by atoms with van der Waals surface area (Å²) in [6.07, 6.45) is 0. The number of halogens is 2. The van der Waals surface area contributed by atoms with Crippen molar-refractivity contribution in [1.29, 1.82) is 5.26 Å². The Labute approximate surface area is 182 Å². The first-order valence-corrected chi connectivity index (χ1v) is 9.66. The summed E-state index contributed by atoms with van der Waals surface area (Å²) in [5, 5.41) is 10.7. The Bertz CT molecular complexity index is 1210. The second-order valence-electron chi connectivity index (χ2n) is 6.58. The SMILES string of the molecule is N#CC1=C(N)Oc2cc(OC(=O)c3ccc(Cl)cc3)ccc2C1c1cccc(Cl)c1. The van der Waals surface area contributed by atoms with Gasteiger partial charge in [0.1, 0.15) is 23.1 Å². The minimum absolute atomic E-state index is 0.00356. The van der Waals surface area contributed by atoms with E-state index in [-0.39, 0.29) is 17.2 Å². The predicted octanol–water partition coefficient (Wildman–Crippen LogP) is 5.43. The Morgan fingerprint density at radius 2 is 1.80 bits per heavy atom. The van der Waals surface area contributed by atoms with Crippen molar-refractivity contribution in [2.45, 2.75) is 5.92 Å². The first-order chi connectivity index (χ1) is 14.5. The molecule has 0 fully saturated rings. The number of fused-ring (bicyclic) bond motifs is 1. The number of carbonyl (C=O) groups is 1. The third-order valence-corrected chi connectivity index (χ3v) is 5.15. The Morgan fingerprint density at radius 1 is 1.03 bits per heavy atom. The molecular weight excluding hydrogens is 423 g/mol. The lowest BCUT2D eigenvalue weighted by Crippen LogP contribution is -2.21. The van der Waals surface area contributed by atoms with E-state index in [4.69, 9.17) is 38.4 Å². The fourth-order valence-corrected chi connectivity index (χ4v) is 3.60. The molecule has 0 saturated heterocycles. The molecule has 0 spiro atoms. The number of ether oxygens (including phenoxy) is 2. The normalized spacial score (nSPS) is 15.0. The quantitative estimate of drug-likeness (QED) is 0.436. The molecule has 3 aromatic rings. The molecule has 1 heterocycles. The molecule has 5 nitrogen and oxygen atoms in total. The van der Waals surface area contributed by atoms with Crippen LogP contribution < -0.4 is 15.2 Å². The number of nitriles is 1. The van der Waals surface area contributed by atoms with Gasteiger partial charge in [0.2, 0.25) is 5.88 Å². The number of hydrogen-bond donors (Lipinski definition) is 1. The number of hydrogen-bond acceptors (Lipinski definition) is 5. The first kappa shape index (κ1) is 19.8. The molecule has 7 heteroatoms. The van der Waals surface area contributed by atoms with E-state index in [1.807, 2.05) is 6.07 Å². The monoisotopic (exact) mass is 436 g/mol. The maximum Gasteiger partial charge on any atom is 0.343 e. The van der Waals surface area contributed by atoms with Gasteiger partial charge in [-0.05, 0) is 48.0 Å². The molecule has 0 amide bonds. The van der Waals surface area contributed by atoms with E-state index >= 15 is 0 Å². The Balaban J connectivity index is 1.69. The summed E-state index contributed by atoms with van der Waals surface area (Å²) in [6, 6.07) is 20.7. The third-order valence-electron chi connectivity index (χ3n) is 4.66. The molecule has 0 radical (unpaired) electrons. The van der Waals surface area contributed by atoms with Crippen LogP contribution in [0, 0.1) is 11.3 Å². The first-order valence-electron chi connectivity index (χ1n) is 8.91. The molecule has 0 bridgehead atoms. The van der Waals surface area contributed by atoms with E-state index in [2.05, 4.69) is 6.07 Å². The summed E-state index contributed by atoms with van der Waals surface area (Å²) in [4.78, 5) is 12.4.